The quantitative estimate of drug-likeness (QED) is 0.870. The molecular formula is C15H23ClN2O. The molecule has 3 nitrogen and oxygen atoms in total. The van der Waals surface area contributed by atoms with Gasteiger partial charge < -0.3 is 10.2 Å². The molecule has 0 saturated carbocycles. The van der Waals surface area contributed by atoms with Crippen LogP contribution >= 0.6 is 11.6 Å². The van der Waals surface area contributed by atoms with E-state index in [1.807, 2.05) is 38.4 Å². The van der Waals surface area contributed by atoms with Crippen LogP contribution in [-0.2, 0) is 4.79 Å². The van der Waals surface area contributed by atoms with Crippen molar-refractivity contribution in [1.82, 2.24) is 10.2 Å². The van der Waals surface area contributed by atoms with Crippen LogP contribution in [0.25, 0.3) is 0 Å². The third-order valence-corrected chi connectivity index (χ3v) is 3.45. The van der Waals surface area contributed by atoms with Crippen molar-refractivity contribution in [3.63, 3.8) is 0 Å². The summed E-state index contributed by atoms with van der Waals surface area (Å²) in [6.07, 6.45) is 0. The predicted molar refractivity (Wildman–Crippen MR) is 80.6 cm³/mol. The normalized spacial score (nSPS) is 12.5. The van der Waals surface area contributed by atoms with Crippen molar-refractivity contribution in [1.29, 1.82) is 0 Å². The summed E-state index contributed by atoms with van der Waals surface area (Å²) in [4.78, 5) is 14.3. The lowest BCUT2D eigenvalue weighted by atomic mass is 9.87. The van der Waals surface area contributed by atoms with Gasteiger partial charge in [-0.3, -0.25) is 4.79 Å². The summed E-state index contributed by atoms with van der Waals surface area (Å²) < 4.78 is 0. The van der Waals surface area contributed by atoms with Crippen molar-refractivity contribution >= 4 is 17.5 Å². The summed E-state index contributed by atoms with van der Waals surface area (Å²) >= 11 is 6.03. The van der Waals surface area contributed by atoms with Gasteiger partial charge in [0.25, 0.3) is 0 Å². The van der Waals surface area contributed by atoms with Crippen molar-refractivity contribution in [2.45, 2.75) is 19.8 Å². The van der Waals surface area contributed by atoms with Gasteiger partial charge in [0.15, 0.2) is 0 Å². The first kappa shape index (κ1) is 16.0. The molecule has 1 aromatic carbocycles. The Kier molecular flexibility index (Phi) is 6.32. The third kappa shape index (κ3) is 4.51. The van der Waals surface area contributed by atoms with E-state index in [0.717, 1.165) is 12.1 Å². The summed E-state index contributed by atoms with van der Waals surface area (Å²) in [5.41, 5.74) is 0.990. The number of hydrogen-bond donors (Lipinski definition) is 1. The van der Waals surface area contributed by atoms with Crippen LogP contribution in [-0.4, -0.2) is 38.0 Å². The van der Waals surface area contributed by atoms with Gasteiger partial charge in [-0.1, -0.05) is 37.6 Å². The fourth-order valence-electron chi connectivity index (χ4n) is 2.14. The van der Waals surface area contributed by atoms with Gasteiger partial charge in [-0.05, 0) is 30.7 Å². The second-order valence-corrected chi connectivity index (χ2v) is 5.58. The molecule has 1 N–H and O–H groups in total. The predicted octanol–water partition coefficient (Wildman–Crippen LogP) is 2.76. The van der Waals surface area contributed by atoms with Crippen LogP contribution in [0.15, 0.2) is 24.3 Å². The van der Waals surface area contributed by atoms with Crippen LogP contribution in [0.5, 0.6) is 0 Å². The molecule has 19 heavy (non-hydrogen) atoms. The van der Waals surface area contributed by atoms with Crippen LogP contribution in [0.1, 0.15) is 25.3 Å². The number of rotatable bonds is 6. The molecule has 1 unspecified atom stereocenters. The van der Waals surface area contributed by atoms with Crippen LogP contribution < -0.4 is 5.32 Å². The summed E-state index contributed by atoms with van der Waals surface area (Å²) in [6.45, 7) is 5.63. The zero-order valence-electron chi connectivity index (χ0n) is 12.1. The minimum absolute atomic E-state index is 0.138. The highest BCUT2D eigenvalue weighted by Crippen LogP contribution is 2.28. The Morgan fingerprint density at radius 3 is 2.63 bits per heavy atom. The van der Waals surface area contributed by atoms with E-state index in [1.54, 1.807) is 4.90 Å². The molecule has 1 aromatic rings. The topological polar surface area (TPSA) is 32.3 Å². The standard InChI is InChI=1S/C15H23ClN2O/c1-11(2)14(12-6-5-7-13(16)10-12)15(19)18(4)9-8-17-3/h5-7,10-11,14,17H,8-9H2,1-4H3. The zero-order chi connectivity index (χ0) is 14.4. The van der Waals surface area contributed by atoms with Crippen molar-refractivity contribution in [2.75, 3.05) is 27.2 Å². The number of carbonyl (C=O) groups excluding carboxylic acids is 1. The molecule has 0 fully saturated rings. The van der Waals surface area contributed by atoms with E-state index in [9.17, 15) is 4.79 Å². The molecule has 0 aliphatic carbocycles. The summed E-state index contributed by atoms with van der Waals surface area (Å²) in [5, 5.41) is 3.73. The van der Waals surface area contributed by atoms with Crippen LogP contribution in [0, 0.1) is 5.92 Å². The van der Waals surface area contributed by atoms with Gasteiger partial charge in [-0.15, -0.1) is 0 Å². The second kappa shape index (κ2) is 7.51. The molecule has 0 aromatic heterocycles. The van der Waals surface area contributed by atoms with Gasteiger partial charge in [0, 0.05) is 25.2 Å². The molecule has 0 saturated heterocycles. The highest BCUT2D eigenvalue weighted by atomic mass is 35.5. The molecule has 0 aliphatic rings. The number of amides is 1. The van der Waals surface area contributed by atoms with E-state index in [-0.39, 0.29) is 17.7 Å². The largest absolute Gasteiger partial charge is 0.344 e. The number of likely N-dealkylation sites (N-methyl/N-ethyl adjacent to an activating group) is 2. The molecule has 0 radical (unpaired) electrons. The lowest BCUT2D eigenvalue weighted by Gasteiger charge is -2.26. The zero-order valence-corrected chi connectivity index (χ0v) is 12.9. The minimum atomic E-state index is -0.138. The Hall–Kier alpha value is -1.06. The molecule has 1 rings (SSSR count). The Bertz CT molecular complexity index is 420. The van der Waals surface area contributed by atoms with Gasteiger partial charge >= 0.3 is 0 Å². The van der Waals surface area contributed by atoms with Crippen molar-refractivity contribution in [3.8, 4) is 0 Å². The van der Waals surface area contributed by atoms with Crippen LogP contribution in [0.4, 0.5) is 0 Å². The third-order valence-electron chi connectivity index (χ3n) is 3.21. The molecule has 1 amide bonds. The van der Waals surface area contributed by atoms with E-state index in [1.165, 1.54) is 0 Å². The fourth-order valence-corrected chi connectivity index (χ4v) is 2.34. The van der Waals surface area contributed by atoms with E-state index in [4.69, 9.17) is 11.6 Å². The highest BCUT2D eigenvalue weighted by Gasteiger charge is 2.26. The average Bonchev–Trinajstić information content (AvgIpc) is 2.35. The van der Waals surface area contributed by atoms with Crippen molar-refractivity contribution in [2.24, 2.45) is 5.92 Å². The van der Waals surface area contributed by atoms with Crippen LogP contribution in [0.2, 0.25) is 5.02 Å². The van der Waals surface area contributed by atoms with E-state index in [0.29, 0.717) is 11.6 Å². The maximum atomic E-state index is 12.6. The number of hydrogen-bond acceptors (Lipinski definition) is 2. The number of nitrogens with zero attached hydrogens (tertiary/aromatic N) is 1. The Balaban J connectivity index is 2.91. The first-order valence-electron chi connectivity index (χ1n) is 6.62. The van der Waals surface area contributed by atoms with E-state index in [2.05, 4.69) is 19.2 Å². The number of halogens is 1. The highest BCUT2D eigenvalue weighted by molar-refractivity contribution is 6.30. The average molecular weight is 283 g/mol. The van der Waals surface area contributed by atoms with Crippen LogP contribution in [0.3, 0.4) is 0 Å². The van der Waals surface area contributed by atoms with Crippen molar-refractivity contribution in [3.05, 3.63) is 34.9 Å². The lowest BCUT2D eigenvalue weighted by Crippen LogP contribution is -2.37. The molecule has 0 spiro atoms. The van der Waals surface area contributed by atoms with Gasteiger partial charge in [0.1, 0.15) is 0 Å². The first-order chi connectivity index (χ1) is 8.97. The number of carbonyl (C=O) groups is 1. The molecular weight excluding hydrogens is 260 g/mol. The van der Waals surface area contributed by atoms with Crippen molar-refractivity contribution < 1.29 is 4.79 Å². The Morgan fingerprint density at radius 1 is 1.42 bits per heavy atom. The van der Waals surface area contributed by atoms with Gasteiger partial charge in [-0.2, -0.15) is 0 Å². The summed E-state index contributed by atoms with van der Waals surface area (Å²) in [7, 11) is 3.73. The Morgan fingerprint density at radius 2 is 2.11 bits per heavy atom. The first-order valence-corrected chi connectivity index (χ1v) is 7.00. The minimum Gasteiger partial charge on any atom is -0.344 e. The maximum Gasteiger partial charge on any atom is 0.230 e. The summed E-state index contributed by atoms with van der Waals surface area (Å²) in [5.74, 6) is 0.246. The molecule has 4 heteroatoms. The van der Waals surface area contributed by atoms with E-state index >= 15 is 0 Å². The van der Waals surface area contributed by atoms with Gasteiger partial charge in [0.2, 0.25) is 5.91 Å². The second-order valence-electron chi connectivity index (χ2n) is 5.14. The smallest absolute Gasteiger partial charge is 0.230 e. The molecule has 1 atom stereocenters. The molecule has 0 bridgehead atoms. The summed E-state index contributed by atoms with van der Waals surface area (Å²) in [6, 6.07) is 7.59. The lowest BCUT2D eigenvalue weighted by molar-refractivity contribution is -0.132. The van der Waals surface area contributed by atoms with Gasteiger partial charge in [0.05, 0.1) is 5.92 Å². The van der Waals surface area contributed by atoms with Gasteiger partial charge in [-0.25, -0.2) is 0 Å². The maximum absolute atomic E-state index is 12.6. The van der Waals surface area contributed by atoms with E-state index < -0.39 is 0 Å². The molecule has 106 valence electrons. The molecule has 0 aliphatic heterocycles. The monoisotopic (exact) mass is 282 g/mol. The SMILES string of the molecule is CNCCN(C)C(=O)C(c1cccc(Cl)c1)C(C)C. The molecule has 0 heterocycles. The number of nitrogens with one attached hydrogen (secondary N) is 1. The number of benzene rings is 1. The Labute approximate surface area is 120 Å². The fraction of sp³-hybridized carbons (Fsp3) is 0.533.